The van der Waals surface area contributed by atoms with Crippen LogP contribution in [0.15, 0.2) is 94.4 Å². The van der Waals surface area contributed by atoms with E-state index in [1.807, 2.05) is 18.2 Å². The van der Waals surface area contributed by atoms with E-state index in [4.69, 9.17) is 16.0 Å². The predicted molar refractivity (Wildman–Crippen MR) is 123 cm³/mol. The van der Waals surface area contributed by atoms with E-state index in [0.29, 0.717) is 34.6 Å². The van der Waals surface area contributed by atoms with Gasteiger partial charge in [-0.15, -0.1) is 0 Å². The molecule has 1 heterocycles. The van der Waals surface area contributed by atoms with Crippen molar-refractivity contribution in [3.8, 4) is 11.3 Å². The number of halogens is 1. The van der Waals surface area contributed by atoms with Crippen LogP contribution in [0.4, 0.5) is 11.4 Å². The first-order valence-corrected chi connectivity index (χ1v) is 11.3. The van der Waals surface area contributed by atoms with Gasteiger partial charge in [-0.05, 0) is 42.5 Å². The maximum Gasteiger partial charge on any atom is 0.264 e. The molecule has 158 valence electrons. The van der Waals surface area contributed by atoms with E-state index >= 15 is 0 Å². The molecule has 6 nitrogen and oxygen atoms in total. The van der Waals surface area contributed by atoms with Gasteiger partial charge in [0.1, 0.15) is 0 Å². The molecule has 0 saturated heterocycles. The fourth-order valence-corrected chi connectivity index (χ4v) is 4.48. The number of aromatic nitrogens is 1. The van der Waals surface area contributed by atoms with Crippen molar-refractivity contribution in [1.29, 1.82) is 0 Å². The van der Waals surface area contributed by atoms with E-state index in [9.17, 15) is 8.42 Å². The lowest BCUT2D eigenvalue weighted by Gasteiger charge is -2.19. The van der Waals surface area contributed by atoms with Gasteiger partial charge in [-0.25, -0.2) is 13.4 Å². The van der Waals surface area contributed by atoms with Gasteiger partial charge in [0.05, 0.1) is 23.3 Å². The molecule has 0 saturated carbocycles. The Hall–Kier alpha value is -3.29. The van der Waals surface area contributed by atoms with Crippen LogP contribution in [0.25, 0.3) is 11.3 Å². The Morgan fingerprint density at radius 3 is 2.55 bits per heavy atom. The summed E-state index contributed by atoms with van der Waals surface area (Å²) in [5, 5.41) is 3.78. The van der Waals surface area contributed by atoms with Gasteiger partial charge >= 0.3 is 0 Å². The minimum atomic E-state index is -3.69. The Labute approximate surface area is 186 Å². The topological polar surface area (TPSA) is 75.4 Å². The molecule has 0 bridgehead atoms. The summed E-state index contributed by atoms with van der Waals surface area (Å²) >= 11 is 6.03. The van der Waals surface area contributed by atoms with Crippen LogP contribution in [0, 0.1) is 0 Å². The molecule has 0 aliphatic carbocycles. The Morgan fingerprint density at radius 2 is 1.77 bits per heavy atom. The fraction of sp³-hybridized carbons (Fsp3) is 0.0870. The molecule has 31 heavy (non-hydrogen) atoms. The zero-order chi connectivity index (χ0) is 21.8. The van der Waals surface area contributed by atoms with Crippen molar-refractivity contribution in [2.24, 2.45) is 0 Å². The van der Waals surface area contributed by atoms with Gasteiger partial charge < -0.3 is 9.73 Å². The van der Waals surface area contributed by atoms with E-state index in [1.54, 1.807) is 66.9 Å². The monoisotopic (exact) mass is 453 g/mol. The van der Waals surface area contributed by atoms with Gasteiger partial charge in [-0.1, -0.05) is 48.0 Å². The highest BCUT2D eigenvalue weighted by Crippen LogP contribution is 2.25. The molecular weight excluding hydrogens is 434 g/mol. The molecule has 3 aromatic carbocycles. The van der Waals surface area contributed by atoms with Crippen molar-refractivity contribution in [3.05, 3.63) is 96.0 Å². The van der Waals surface area contributed by atoms with Crippen LogP contribution in [-0.4, -0.2) is 20.4 Å². The third-order valence-electron chi connectivity index (χ3n) is 4.72. The number of para-hydroxylation sites is 1. The molecule has 1 aromatic heterocycles. The van der Waals surface area contributed by atoms with Crippen molar-refractivity contribution in [1.82, 2.24) is 4.98 Å². The summed E-state index contributed by atoms with van der Waals surface area (Å²) in [4.78, 5) is 4.47. The third-order valence-corrected chi connectivity index (χ3v) is 6.74. The Bertz CT molecular complexity index is 1290. The number of anilines is 2. The number of sulfonamides is 1. The van der Waals surface area contributed by atoms with E-state index in [2.05, 4.69) is 10.3 Å². The molecule has 4 rings (SSSR count). The lowest BCUT2D eigenvalue weighted by atomic mass is 10.2. The first-order chi connectivity index (χ1) is 14.9. The van der Waals surface area contributed by atoms with Crippen LogP contribution >= 0.6 is 11.6 Å². The van der Waals surface area contributed by atoms with Crippen molar-refractivity contribution in [3.63, 3.8) is 0 Å². The maximum atomic E-state index is 13.0. The predicted octanol–water partition coefficient (Wildman–Crippen LogP) is 5.43. The molecule has 4 aromatic rings. The third kappa shape index (κ3) is 4.73. The molecule has 0 fully saturated rings. The van der Waals surface area contributed by atoms with Crippen molar-refractivity contribution in [2.75, 3.05) is 16.7 Å². The second-order valence-corrected chi connectivity index (χ2v) is 9.22. The molecule has 0 aliphatic rings. The van der Waals surface area contributed by atoms with Crippen LogP contribution in [0.3, 0.4) is 0 Å². The first kappa shape index (κ1) is 21.0. The molecular formula is C23H20ClN3O3S. The standard InChI is InChI=1S/C23H20ClN3O3S/c1-27(20-10-3-2-4-11-20)31(28,29)21-12-6-9-19(14-21)25-16-23-26-15-22(30-23)17-7-5-8-18(24)13-17/h2-15,25H,16H2,1H3. The zero-order valence-electron chi connectivity index (χ0n) is 16.7. The lowest BCUT2D eigenvalue weighted by Crippen LogP contribution is -2.26. The highest BCUT2D eigenvalue weighted by Gasteiger charge is 2.21. The molecule has 0 radical (unpaired) electrons. The Kier molecular flexibility index (Phi) is 5.97. The van der Waals surface area contributed by atoms with Crippen LogP contribution in [0.2, 0.25) is 5.02 Å². The molecule has 1 N–H and O–H groups in total. The zero-order valence-corrected chi connectivity index (χ0v) is 18.3. The van der Waals surface area contributed by atoms with Gasteiger partial charge in [0.25, 0.3) is 10.0 Å². The Morgan fingerprint density at radius 1 is 1.00 bits per heavy atom. The largest absolute Gasteiger partial charge is 0.439 e. The number of hydrogen-bond acceptors (Lipinski definition) is 5. The summed E-state index contributed by atoms with van der Waals surface area (Å²) in [5.41, 5.74) is 2.07. The maximum absolute atomic E-state index is 13.0. The summed E-state index contributed by atoms with van der Waals surface area (Å²) in [6.45, 7) is 0.304. The Balaban J connectivity index is 1.48. The quantitative estimate of drug-likeness (QED) is 0.403. The van der Waals surface area contributed by atoms with Gasteiger partial charge in [0.2, 0.25) is 5.89 Å². The van der Waals surface area contributed by atoms with E-state index in [0.717, 1.165) is 5.56 Å². The first-order valence-electron chi connectivity index (χ1n) is 9.52. The molecule has 8 heteroatoms. The summed E-state index contributed by atoms with van der Waals surface area (Å²) in [5.74, 6) is 1.09. The minimum absolute atomic E-state index is 0.191. The normalized spacial score (nSPS) is 11.3. The molecule has 0 spiro atoms. The van der Waals surface area contributed by atoms with Crippen molar-refractivity contribution >= 4 is 33.0 Å². The van der Waals surface area contributed by atoms with Gasteiger partial charge in [0.15, 0.2) is 5.76 Å². The van der Waals surface area contributed by atoms with Crippen LogP contribution in [0.5, 0.6) is 0 Å². The number of oxazole rings is 1. The van der Waals surface area contributed by atoms with Crippen molar-refractivity contribution in [2.45, 2.75) is 11.4 Å². The van der Waals surface area contributed by atoms with Gasteiger partial charge in [-0.3, -0.25) is 4.31 Å². The van der Waals surface area contributed by atoms with Crippen LogP contribution in [-0.2, 0) is 16.6 Å². The van der Waals surface area contributed by atoms with Gasteiger partial charge in [-0.2, -0.15) is 0 Å². The van der Waals surface area contributed by atoms with E-state index in [1.165, 1.54) is 11.4 Å². The summed E-state index contributed by atoms with van der Waals surface area (Å²) in [7, 11) is -2.16. The smallest absolute Gasteiger partial charge is 0.264 e. The van der Waals surface area contributed by atoms with E-state index < -0.39 is 10.0 Å². The number of hydrogen-bond donors (Lipinski definition) is 1. The second-order valence-electron chi connectivity index (χ2n) is 6.82. The van der Waals surface area contributed by atoms with Crippen molar-refractivity contribution < 1.29 is 12.8 Å². The number of nitrogens with zero attached hydrogens (tertiary/aromatic N) is 2. The van der Waals surface area contributed by atoms with E-state index in [-0.39, 0.29) is 4.90 Å². The van der Waals surface area contributed by atoms with Crippen LogP contribution in [0.1, 0.15) is 5.89 Å². The number of benzene rings is 3. The summed E-state index contributed by atoms with van der Waals surface area (Å²) in [6.07, 6.45) is 1.64. The summed E-state index contributed by atoms with van der Waals surface area (Å²) in [6, 6.07) is 22.9. The SMILES string of the molecule is CN(c1ccccc1)S(=O)(=O)c1cccc(NCc2ncc(-c3cccc(Cl)c3)o2)c1. The number of nitrogens with one attached hydrogen (secondary N) is 1. The summed E-state index contributed by atoms with van der Waals surface area (Å²) < 4.78 is 33.0. The molecule has 0 aliphatic heterocycles. The fourth-order valence-electron chi connectivity index (χ4n) is 3.05. The highest BCUT2D eigenvalue weighted by molar-refractivity contribution is 7.92. The van der Waals surface area contributed by atoms with Crippen LogP contribution < -0.4 is 9.62 Å². The minimum Gasteiger partial charge on any atom is -0.439 e. The van der Waals surface area contributed by atoms with Gasteiger partial charge in [0, 0.05) is 23.3 Å². The molecule has 0 amide bonds. The molecule has 0 unspecified atom stereocenters. The second kappa shape index (κ2) is 8.83. The average Bonchev–Trinajstić information content (AvgIpc) is 3.27. The lowest BCUT2D eigenvalue weighted by molar-refractivity contribution is 0.516. The average molecular weight is 454 g/mol. The number of rotatable bonds is 7. The molecule has 0 atom stereocenters. The highest BCUT2D eigenvalue weighted by atomic mass is 35.5.